The molecule has 0 saturated heterocycles. The lowest BCUT2D eigenvalue weighted by atomic mass is 10.2. The third-order valence-corrected chi connectivity index (χ3v) is 4.53. The van der Waals surface area contributed by atoms with Crippen LogP contribution >= 0.6 is 0 Å². The number of ether oxygens (including phenoxy) is 1. The number of carbonyl (C=O) groups excluding carboxylic acids is 1. The molecule has 0 spiro atoms. The molecule has 2 aromatic heterocycles. The Labute approximate surface area is 164 Å². The van der Waals surface area contributed by atoms with Crippen LogP contribution in [0.15, 0.2) is 34.9 Å². The van der Waals surface area contributed by atoms with E-state index in [2.05, 4.69) is 15.6 Å². The first-order valence-electron chi connectivity index (χ1n) is 9.30. The number of aromatic nitrogens is 3. The monoisotopic (exact) mass is 382 g/mol. The summed E-state index contributed by atoms with van der Waals surface area (Å²) in [5.74, 6) is 1.02. The molecule has 7 nitrogen and oxygen atoms in total. The van der Waals surface area contributed by atoms with Gasteiger partial charge in [0, 0.05) is 11.7 Å². The van der Waals surface area contributed by atoms with Crippen LogP contribution in [0.25, 0.3) is 0 Å². The van der Waals surface area contributed by atoms with Crippen LogP contribution in [0.4, 0.5) is 0 Å². The summed E-state index contributed by atoms with van der Waals surface area (Å²) in [7, 11) is 0. The number of hydrogen-bond donors (Lipinski definition) is 1. The standard InChI is InChI=1S/C21H26N4O3/c1-13-6-8-18(9-7-13)27-12-19-17(5)28-24-20(19)21(26)22-15(3)11-25-16(4)10-14(2)23-25/h6-10,15H,11-12H2,1-5H3,(H,22,26). The van der Waals surface area contributed by atoms with Crippen LogP contribution in [0.2, 0.25) is 0 Å². The van der Waals surface area contributed by atoms with E-state index in [1.807, 2.05) is 62.7 Å². The van der Waals surface area contributed by atoms with Gasteiger partial charge in [0.05, 0.1) is 17.8 Å². The lowest BCUT2D eigenvalue weighted by Crippen LogP contribution is -2.36. The molecular formula is C21H26N4O3. The van der Waals surface area contributed by atoms with Crippen molar-refractivity contribution >= 4 is 5.91 Å². The zero-order valence-corrected chi connectivity index (χ0v) is 16.9. The normalized spacial score (nSPS) is 12.0. The van der Waals surface area contributed by atoms with Gasteiger partial charge in [-0.2, -0.15) is 5.10 Å². The van der Waals surface area contributed by atoms with Crippen molar-refractivity contribution in [3.63, 3.8) is 0 Å². The second kappa shape index (κ2) is 8.29. The zero-order chi connectivity index (χ0) is 20.3. The van der Waals surface area contributed by atoms with Crippen LogP contribution in [0.1, 0.15) is 45.7 Å². The van der Waals surface area contributed by atoms with Gasteiger partial charge in [0.25, 0.3) is 5.91 Å². The van der Waals surface area contributed by atoms with Gasteiger partial charge in [0.15, 0.2) is 5.69 Å². The van der Waals surface area contributed by atoms with Crippen molar-refractivity contribution in [3.05, 3.63) is 64.3 Å². The summed E-state index contributed by atoms with van der Waals surface area (Å²) in [6, 6.07) is 9.64. The number of carbonyl (C=O) groups is 1. The lowest BCUT2D eigenvalue weighted by molar-refractivity contribution is 0.0924. The lowest BCUT2D eigenvalue weighted by Gasteiger charge is -2.15. The fourth-order valence-electron chi connectivity index (χ4n) is 2.99. The Morgan fingerprint density at radius 2 is 1.93 bits per heavy atom. The molecule has 0 radical (unpaired) electrons. The molecular weight excluding hydrogens is 356 g/mol. The largest absolute Gasteiger partial charge is 0.489 e. The molecule has 1 N–H and O–H groups in total. The first kappa shape index (κ1) is 19.7. The van der Waals surface area contributed by atoms with E-state index in [1.54, 1.807) is 6.92 Å². The molecule has 28 heavy (non-hydrogen) atoms. The first-order chi connectivity index (χ1) is 13.3. The highest BCUT2D eigenvalue weighted by Crippen LogP contribution is 2.18. The summed E-state index contributed by atoms with van der Waals surface area (Å²) >= 11 is 0. The second-order valence-corrected chi connectivity index (χ2v) is 7.15. The Kier molecular flexibility index (Phi) is 5.82. The molecule has 1 aromatic carbocycles. The topological polar surface area (TPSA) is 82.2 Å². The van der Waals surface area contributed by atoms with Gasteiger partial charge in [-0.3, -0.25) is 9.48 Å². The molecule has 2 heterocycles. The van der Waals surface area contributed by atoms with Gasteiger partial charge in [-0.25, -0.2) is 0 Å². The molecule has 7 heteroatoms. The van der Waals surface area contributed by atoms with E-state index < -0.39 is 0 Å². The minimum Gasteiger partial charge on any atom is -0.489 e. The van der Waals surface area contributed by atoms with E-state index in [4.69, 9.17) is 9.26 Å². The Hall–Kier alpha value is -3.09. The minimum absolute atomic E-state index is 0.117. The van der Waals surface area contributed by atoms with Crippen molar-refractivity contribution in [3.8, 4) is 5.75 Å². The molecule has 148 valence electrons. The van der Waals surface area contributed by atoms with Gasteiger partial charge >= 0.3 is 0 Å². The van der Waals surface area contributed by atoms with E-state index in [9.17, 15) is 4.79 Å². The maximum Gasteiger partial charge on any atom is 0.274 e. The summed E-state index contributed by atoms with van der Waals surface area (Å²) in [4.78, 5) is 12.7. The first-order valence-corrected chi connectivity index (χ1v) is 9.30. The highest BCUT2D eigenvalue weighted by atomic mass is 16.5. The number of aryl methyl sites for hydroxylation is 4. The smallest absolute Gasteiger partial charge is 0.274 e. The van der Waals surface area contributed by atoms with Crippen LogP contribution < -0.4 is 10.1 Å². The molecule has 0 fully saturated rings. The highest BCUT2D eigenvalue weighted by Gasteiger charge is 2.22. The van der Waals surface area contributed by atoms with Crippen LogP contribution in [-0.4, -0.2) is 26.9 Å². The number of nitrogens with one attached hydrogen (secondary N) is 1. The zero-order valence-electron chi connectivity index (χ0n) is 16.9. The maximum atomic E-state index is 12.7. The second-order valence-electron chi connectivity index (χ2n) is 7.15. The number of benzene rings is 1. The SMILES string of the molecule is Cc1ccc(OCc2c(C(=O)NC(C)Cn3nc(C)cc3C)noc2C)cc1. The Morgan fingerprint density at radius 1 is 1.21 bits per heavy atom. The fourth-order valence-corrected chi connectivity index (χ4v) is 2.99. The van der Waals surface area contributed by atoms with Crippen LogP contribution in [-0.2, 0) is 13.2 Å². The predicted molar refractivity (Wildman–Crippen MR) is 105 cm³/mol. The number of amides is 1. The summed E-state index contributed by atoms with van der Waals surface area (Å²) in [5, 5.41) is 11.3. The van der Waals surface area contributed by atoms with Crippen molar-refractivity contribution < 1.29 is 14.1 Å². The number of hydrogen-bond acceptors (Lipinski definition) is 5. The molecule has 1 atom stereocenters. The van der Waals surface area contributed by atoms with E-state index >= 15 is 0 Å². The Bertz CT molecular complexity index is 957. The van der Waals surface area contributed by atoms with Gasteiger partial charge in [-0.05, 0) is 52.8 Å². The summed E-state index contributed by atoms with van der Waals surface area (Å²) in [6.07, 6.45) is 0. The summed E-state index contributed by atoms with van der Waals surface area (Å²) < 4.78 is 12.9. The number of nitrogens with zero attached hydrogens (tertiary/aromatic N) is 3. The minimum atomic E-state index is -0.284. The average Bonchev–Trinajstić information content (AvgIpc) is 3.16. The van der Waals surface area contributed by atoms with Crippen molar-refractivity contribution in [2.24, 2.45) is 0 Å². The third-order valence-electron chi connectivity index (χ3n) is 4.53. The Morgan fingerprint density at radius 3 is 2.57 bits per heavy atom. The van der Waals surface area contributed by atoms with Gasteiger partial charge in [0.2, 0.25) is 0 Å². The highest BCUT2D eigenvalue weighted by molar-refractivity contribution is 5.93. The maximum absolute atomic E-state index is 12.7. The van der Waals surface area contributed by atoms with Gasteiger partial charge < -0.3 is 14.6 Å². The van der Waals surface area contributed by atoms with E-state index in [-0.39, 0.29) is 24.2 Å². The molecule has 0 aliphatic heterocycles. The summed E-state index contributed by atoms with van der Waals surface area (Å²) in [5.41, 5.74) is 4.08. The van der Waals surface area contributed by atoms with Crippen LogP contribution in [0, 0.1) is 27.7 Å². The predicted octanol–water partition coefficient (Wildman–Crippen LogP) is 3.50. The quantitative estimate of drug-likeness (QED) is 0.676. The van der Waals surface area contributed by atoms with Crippen LogP contribution in [0.5, 0.6) is 5.75 Å². The van der Waals surface area contributed by atoms with Crippen molar-refractivity contribution in [2.45, 2.75) is 53.8 Å². The molecule has 3 rings (SSSR count). The van der Waals surface area contributed by atoms with E-state index in [0.717, 1.165) is 22.7 Å². The molecule has 0 saturated carbocycles. The van der Waals surface area contributed by atoms with Crippen molar-refractivity contribution in [1.82, 2.24) is 20.3 Å². The van der Waals surface area contributed by atoms with Crippen LogP contribution in [0.3, 0.4) is 0 Å². The average molecular weight is 382 g/mol. The number of rotatable bonds is 7. The van der Waals surface area contributed by atoms with Gasteiger partial charge in [0.1, 0.15) is 18.1 Å². The van der Waals surface area contributed by atoms with Crippen molar-refractivity contribution in [1.29, 1.82) is 0 Å². The molecule has 1 unspecified atom stereocenters. The third kappa shape index (κ3) is 4.60. The van der Waals surface area contributed by atoms with Crippen molar-refractivity contribution in [2.75, 3.05) is 0 Å². The summed E-state index contributed by atoms with van der Waals surface area (Å²) in [6.45, 7) is 10.5. The molecule has 1 amide bonds. The molecule has 0 aliphatic rings. The van der Waals surface area contributed by atoms with Gasteiger partial charge in [-0.1, -0.05) is 22.9 Å². The molecule has 0 bridgehead atoms. The van der Waals surface area contributed by atoms with Gasteiger partial charge in [-0.15, -0.1) is 0 Å². The molecule has 3 aromatic rings. The van der Waals surface area contributed by atoms with E-state index in [1.165, 1.54) is 0 Å². The van der Waals surface area contributed by atoms with E-state index in [0.29, 0.717) is 17.9 Å². The Balaban J connectivity index is 1.65. The fraction of sp³-hybridized carbons (Fsp3) is 0.381. The molecule has 0 aliphatic carbocycles.